The van der Waals surface area contributed by atoms with Gasteiger partial charge in [0, 0.05) is 42.9 Å². The van der Waals surface area contributed by atoms with Gasteiger partial charge in [-0.15, -0.1) is 0 Å². The van der Waals surface area contributed by atoms with Crippen LogP contribution in [0.1, 0.15) is 19.4 Å². The van der Waals surface area contributed by atoms with Gasteiger partial charge in [-0.2, -0.15) is 9.36 Å². The van der Waals surface area contributed by atoms with Crippen LogP contribution in [0, 0.1) is 0 Å². The van der Waals surface area contributed by atoms with Crippen LogP contribution < -0.4 is 10.2 Å². The molecule has 3 heterocycles. The lowest BCUT2D eigenvalue weighted by atomic mass is 10.2. The molecule has 0 saturated carbocycles. The van der Waals surface area contributed by atoms with Crippen LogP contribution in [0.25, 0.3) is 11.4 Å². The molecule has 0 spiro atoms. The Morgan fingerprint density at radius 3 is 2.59 bits per heavy atom. The summed E-state index contributed by atoms with van der Waals surface area (Å²) in [6.07, 6.45) is 2.38. The second-order valence-electron chi connectivity index (χ2n) is 6.83. The van der Waals surface area contributed by atoms with Crippen molar-refractivity contribution in [1.29, 1.82) is 0 Å². The molecule has 0 aliphatic carbocycles. The van der Waals surface area contributed by atoms with Crippen LogP contribution in [0.5, 0.6) is 0 Å². The van der Waals surface area contributed by atoms with Crippen LogP contribution in [0.4, 0.5) is 10.9 Å². The zero-order valence-electron chi connectivity index (χ0n) is 15.5. The third-order valence-electron chi connectivity index (χ3n) is 4.45. The quantitative estimate of drug-likeness (QED) is 0.725. The summed E-state index contributed by atoms with van der Waals surface area (Å²) in [6.45, 7) is 6.63. The number of pyridine rings is 1. The second-order valence-corrected chi connectivity index (χ2v) is 7.58. The van der Waals surface area contributed by atoms with Gasteiger partial charge >= 0.3 is 0 Å². The van der Waals surface area contributed by atoms with Crippen LogP contribution in [0.15, 0.2) is 48.7 Å². The first-order valence-corrected chi connectivity index (χ1v) is 9.93. The zero-order chi connectivity index (χ0) is 18.6. The average molecular weight is 382 g/mol. The highest BCUT2D eigenvalue weighted by molar-refractivity contribution is 7.09. The van der Waals surface area contributed by atoms with E-state index in [1.807, 2.05) is 36.5 Å². The summed E-state index contributed by atoms with van der Waals surface area (Å²) in [5.41, 5.74) is 2.14. The summed E-state index contributed by atoms with van der Waals surface area (Å²) in [5, 5.41) is 4.15. The molecule has 6 nitrogen and oxygen atoms in total. The van der Waals surface area contributed by atoms with Crippen LogP contribution >= 0.6 is 11.5 Å². The number of aromatic nitrogens is 3. The Balaban J connectivity index is 1.36. The highest BCUT2D eigenvalue weighted by atomic mass is 32.1. The summed E-state index contributed by atoms with van der Waals surface area (Å²) in [5.74, 6) is 1.76. The molecule has 140 valence electrons. The Morgan fingerprint density at radius 2 is 1.89 bits per heavy atom. The predicted molar refractivity (Wildman–Crippen MR) is 109 cm³/mol. The highest BCUT2D eigenvalue weighted by Gasteiger charge is 2.22. The van der Waals surface area contributed by atoms with Crippen LogP contribution in [-0.2, 0) is 11.3 Å². The van der Waals surface area contributed by atoms with Gasteiger partial charge in [0.2, 0.25) is 5.13 Å². The van der Waals surface area contributed by atoms with Crippen molar-refractivity contribution in [2.75, 3.05) is 23.3 Å². The van der Waals surface area contributed by atoms with Crippen molar-refractivity contribution >= 4 is 22.5 Å². The number of morpholine rings is 1. The van der Waals surface area contributed by atoms with Crippen LogP contribution in [0.3, 0.4) is 0 Å². The van der Waals surface area contributed by atoms with E-state index < -0.39 is 0 Å². The maximum atomic E-state index is 5.79. The molecule has 1 fully saturated rings. The first-order chi connectivity index (χ1) is 13.2. The standard InChI is InChI=1S/C20H23N5OS/c1-14-12-25(13-15(2)26-14)18-9-8-16(10-21-18)11-22-20-23-19(24-27-20)17-6-4-3-5-7-17/h3-10,14-15H,11-13H2,1-2H3,(H,22,23,24). The van der Waals surface area contributed by atoms with Crippen LogP contribution in [0.2, 0.25) is 0 Å². The van der Waals surface area contributed by atoms with Gasteiger partial charge in [-0.3, -0.25) is 0 Å². The lowest BCUT2D eigenvalue weighted by Crippen LogP contribution is -2.45. The van der Waals surface area contributed by atoms with E-state index in [2.05, 4.69) is 50.5 Å². The molecule has 0 bridgehead atoms. The molecule has 1 aromatic carbocycles. The molecule has 1 saturated heterocycles. The predicted octanol–water partition coefficient (Wildman–Crippen LogP) is 3.83. The molecule has 2 unspecified atom stereocenters. The van der Waals surface area contributed by atoms with Gasteiger partial charge in [-0.25, -0.2) is 4.98 Å². The maximum absolute atomic E-state index is 5.79. The molecular weight excluding hydrogens is 358 g/mol. The average Bonchev–Trinajstić information content (AvgIpc) is 3.16. The monoisotopic (exact) mass is 381 g/mol. The van der Waals surface area contributed by atoms with Crippen molar-refractivity contribution in [2.45, 2.75) is 32.6 Å². The number of rotatable bonds is 5. The smallest absolute Gasteiger partial charge is 0.203 e. The largest absolute Gasteiger partial charge is 0.372 e. The molecule has 4 rings (SSSR count). The topological polar surface area (TPSA) is 63.2 Å². The van der Waals surface area contributed by atoms with Crippen molar-refractivity contribution in [3.05, 3.63) is 54.2 Å². The number of hydrogen-bond acceptors (Lipinski definition) is 7. The highest BCUT2D eigenvalue weighted by Crippen LogP contribution is 2.22. The molecule has 2 atom stereocenters. The first kappa shape index (κ1) is 17.9. The lowest BCUT2D eigenvalue weighted by Gasteiger charge is -2.36. The van der Waals surface area contributed by atoms with E-state index in [9.17, 15) is 0 Å². The van der Waals surface area contributed by atoms with Crippen molar-refractivity contribution < 1.29 is 4.74 Å². The van der Waals surface area contributed by atoms with E-state index in [1.54, 1.807) is 0 Å². The van der Waals surface area contributed by atoms with Crippen LogP contribution in [-0.4, -0.2) is 39.6 Å². The minimum absolute atomic E-state index is 0.230. The molecular formula is C20H23N5OS. The summed E-state index contributed by atoms with van der Waals surface area (Å²) in [6, 6.07) is 14.2. The molecule has 7 heteroatoms. The minimum atomic E-state index is 0.230. The third-order valence-corrected chi connectivity index (χ3v) is 5.13. The Labute approximate surface area is 163 Å². The van der Waals surface area contributed by atoms with Gasteiger partial charge in [-0.05, 0) is 25.5 Å². The molecule has 1 N–H and O–H groups in total. The normalized spacial score (nSPS) is 19.9. The summed E-state index contributed by atoms with van der Waals surface area (Å²) >= 11 is 1.38. The van der Waals surface area contributed by atoms with Crippen molar-refractivity contribution in [1.82, 2.24) is 14.3 Å². The fourth-order valence-electron chi connectivity index (χ4n) is 3.25. The number of benzene rings is 1. The van der Waals surface area contributed by atoms with Crippen molar-refractivity contribution in [3.8, 4) is 11.4 Å². The van der Waals surface area contributed by atoms with E-state index in [1.165, 1.54) is 11.5 Å². The zero-order valence-corrected chi connectivity index (χ0v) is 16.3. The minimum Gasteiger partial charge on any atom is -0.372 e. The Kier molecular flexibility index (Phi) is 5.31. The van der Waals surface area contributed by atoms with Crippen molar-refractivity contribution in [3.63, 3.8) is 0 Å². The number of nitrogens with zero attached hydrogens (tertiary/aromatic N) is 4. The molecule has 27 heavy (non-hydrogen) atoms. The first-order valence-electron chi connectivity index (χ1n) is 9.16. The Morgan fingerprint density at radius 1 is 1.11 bits per heavy atom. The molecule has 2 aromatic heterocycles. The fourth-order valence-corrected chi connectivity index (χ4v) is 3.83. The Bertz CT molecular complexity index is 858. The van der Waals surface area contributed by atoms with Gasteiger partial charge in [0.15, 0.2) is 5.82 Å². The number of hydrogen-bond donors (Lipinski definition) is 1. The van der Waals surface area contributed by atoms with Gasteiger partial charge in [-0.1, -0.05) is 36.4 Å². The number of nitrogens with one attached hydrogen (secondary N) is 1. The third kappa shape index (κ3) is 4.43. The SMILES string of the molecule is CC1CN(c2ccc(CNc3nc(-c4ccccc4)ns3)cn2)CC(C)O1. The molecule has 3 aromatic rings. The van der Waals surface area contributed by atoms with Gasteiger partial charge < -0.3 is 15.0 Å². The summed E-state index contributed by atoms with van der Waals surface area (Å²) < 4.78 is 10.2. The van der Waals surface area contributed by atoms with Gasteiger partial charge in [0.25, 0.3) is 0 Å². The van der Waals surface area contributed by atoms with Crippen molar-refractivity contribution in [2.24, 2.45) is 0 Å². The maximum Gasteiger partial charge on any atom is 0.203 e. The molecule has 1 aliphatic heterocycles. The molecule has 0 amide bonds. The lowest BCUT2D eigenvalue weighted by molar-refractivity contribution is -0.00545. The van der Waals surface area contributed by atoms with E-state index in [-0.39, 0.29) is 12.2 Å². The summed E-state index contributed by atoms with van der Waals surface area (Å²) in [7, 11) is 0. The number of ether oxygens (including phenoxy) is 1. The van der Waals surface area contributed by atoms with E-state index in [0.717, 1.165) is 41.0 Å². The van der Waals surface area contributed by atoms with E-state index in [0.29, 0.717) is 6.54 Å². The molecule has 1 aliphatic rings. The number of anilines is 2. The van der Waals surface area contributed by atoms with Gasteiger partial charge in [0.05, 0.1) is 12.2 Å². The molecule has 0 radical (unpaired) electrons. The second kappa shape index (κ2) is 8.02. The van der Waals surface area contributed by atoms with Gasteiger partial charge in [0.1, 0.15) is 5.82 Å². The fraction of sp³-hybridized carbons (Fsp3) is 0.350. The summed E-state index contributed by atoms with van der Waals surface area (Å²) in [4.78, 5) is 11.5. The Hall–Kier alpha value is -2.51. The van der Waals surface area contributed by atoms with E-state index >= 15 is 0 Å². The van der Waals surface area contributed by atoms with E-state index in [4.69, 9.17) is 4.74 Å².